The number of fused-ring (bicyclic) bond motifs is 1. The summed E-state index contributed by atoms with van der Waals surface area (Å²) in [6, 6.07) is 11.4. The van der Waals surface area contributed by atoms with Crippen molar-refractivity contribution in [2.45, 2.75) is 13.5 Å². The maximum atomic E-state index is 9.65. The third kappa shape index (κ3) is 2.42. The number of hydrogen-bond acceptors (Lipinski definition) is 4. The van der Waals surface area contributed by atoms with Gasteiger partial charge < -0.3 is 19.9 Å². The molecule has 0 saturated carbocycles. The fraction of sp³-hybridized carbons (Fsp3) is 0.200. The van der Waals surface area contributed by atoms with Crippen LogP contribution in [0.4, 0.5) is 5.69 Å². The molecular formula is C15H15NO3. The SMILES string of the molecule is Cc1ccc(NCc2ccc3c(c2)OCO3)cc1O. The van der Waals surface area contributed by atoms with Gasteiger partial charge in [-0.3, -0.25) is 0 Å². The molecule has 0 saturated heterocycles. The van der Waals surface area contributed by atoms with Crippen molar-refractivity contribution < 1.29 is 14.6 Å². The molecule has 0 unspecified atom stereocenters. The summed E-state index contributed by atoms with van der Waals surface area (Å²) in [6.07, 6.45) is 0. The van der Waals surface area contributed by atoms with Gasteiger partial charge in [-0.25, -0.2) is 0 Å². The Morgan fingerprint density at radius 1 is 1.11 bits per heavy atom. The van der Waals surface area contributed by atoms with Crippen LogP contribution in [0.5, 0.6) is 17.2 Å². The summed E-state index contributed by atoms with van der Waals surface area (Å²) >= 11 is 0. The van der Waals surface area contributed by atoms with Gasteiger partial charge in [0.25, 0.3) is 0 Å². The first-order chi connectivity index (χ1) is 9.22. The second-order valence-electron chi connectivity index (χ2n) is 4.54. The fourth-order valence-electron chi connectivity index (χ4n) is 1.97. The second kappa shape index (κ2) is 4.72. The lowest BCUT2D eigenvalue weighted by Crippen LogP contribution is -1.99. The van der Waals surface area contributed by atoms with Crippen molar-refractivity contribution in [3.63, 3.8) is 0 Å². The van der Waals surface area contributed by atoms with E-state index in [1.807, 2.05) is 37.3 Å². The molecule has 3 rings (SSSR count). The minimum atomic E-state index is 0.290. The Morgan fingerprint density at radius 2 is 1.95 bits per heavy atom. The van der Waals surface area contributed by atoms with Gasteiger partial charge in [0, 0.05) is 18.3 Å². The van der Waals surface area contributed by atoms with Crippen LogP contribution in [0.3, 0.4) is 0 Å². The molecule has 2 aromatic rings. The van der Waals surface area contributed by atoms with Gasteiger partial charge in [0.15, 0.2) is 11.5 Å². The number of benzene rings is 2. The third-order valence-corrected chi connectivity index (χ3v) is 3.14. The number of anilines is 1. The van der Waals surface area contributed by atoms with Gasteiger partial charge in [-0.05, 0) is 36.2 Å². The number of ether oxygens (including phenoxy) is 2. The van der Waals surface area contributed by atoms with Crippen LogP contribution in [-0.2, 0) is 6.54 Å². The van der Waals surface area contributed by atoms with Crippen LogP contribution in [0.25, 0.3) is 0 Å². The molecule has 98 valence electrons. The van der Waals surface area contributed by atoms with Crippen molar-refractivity contribution >= 4 is 5.69 Å². The monoisotopic (exact) mass is 257 g/mol. The van der Waals surface area contributed by atoms with Gasteiger partial charge in [-0.15, -0.1) is 0 Å². The molecule has 1 aliphatic rings. The van der Waals surface area contributed by atoms with Crippen LogP contribution in [0.2, 0.25) is 0 Å². The zero-order valence-electron chi connectivity index (χ0n) is 10.6. The van der Waals surface area contributed by atoms with Crippen molar-refractivity contribution in [1.29, 1.82) is 0 Å². The summed E-state index contributed by atoms with van der Waals surface area (Å²) in [7, 11) is 0. The molecule has 1 heterocycles. The van der Waals surface area contributed by atoms with E-state index < -0.39 is 0 Å². The number of phenolic OH excluding ortho intramolecular Hbond substituents is 1. The molecule has 0 atom stereocenters. The molecule has 0 bridgehead atoms. The molecule has 4 heteroatoms. The fourth-order valence-corrected chi connectivity index (χ4v) is 1.97. The largest absolute Gasteiger partial charge is 0.508 e. The van der Waals surface area contributed by atoms with E-state index in [0.717, 1.165) is 28.3 Å². The highest BCUT2D eigenvalue weighted by Crippen LogP contribution is 2.32. The smallest absolute Gasteiger partial charge is 0.231 e. The van der Waals surface area contributed by atoms with Crippen molar-refractivity contribution in [3.8, 4) is 17.2 Å². The minimum Gasteiger partial charge on any atom is -0.508 e. The lowest BCUT2D eigenvalue weighted by molar-refractivity contribution is 0.174. The molecule has 0 aromatic heterocycles. The highest BCUT2D eigenvalue weighted by Gasteiger charge is 2.12. The van der Waals surface area contributed by atoms with E-state index in [0.29, 0.717) is 12.3 Å². The number of aryl methyl sites for hydroxylation is 1. The van der Waals surface area contributed by atoms with Gasteiger partial charge in [-0.1, -0.05) is 12.1 Å². The summed E-state index contributed by atoms with van der Waals surface area (Å²) in [5.74, 6) is 1.87. The van der Waals surface area contributed by atoms with Crippen LogP contribution >= 0.6 is 0 Å². The Bertz CT molecular complexity index is 610. The number of phenols is 1. The first-order valence-corrected chi connectivity index (χ1v) is 6.14. The Hall–Kier alpha value is -2.36. The summed E-state index contributed by atoms with van der Waals surface area (Å²) in [4.78, 5) is 0. The summed E-state index contributed by atoms with van der Waals surface area (Å²) in [5, 5.41) is 12.9. The molecule has 4 nitrogen and oxygen atoms in total. The maximum absolute atomic E-state index is 9.65. The zero-order valence-corrected chi connectivity index (χ0v) is 10.6. The predicted molar refractivity (Wildman–Crippen MR) is 72.7 cm³/mol. The molecule has 1 aliphatic heterocycles. The van der Waals surface area contributed by atoms with E-state index in [1.165, 1.54) is 0 Å². The number of hydrogen-bond donors (Lipinski definition) is 2. The summed E-state index contributed by atoms with van der Waals surface area (Å²) in [6.45, 7) is 2.83. The minimum absolute atomic E-state index is 0.290. The van der Waals surface area contributed by atoms with Crippen LogP contribution < -0.4 is 14.8 Å². The van der Waals surface area contributed by atoms with Crippen molar-refractivity contribution in [2.75, 3.05) is 12.1 Å². The normalized spacial score (nSPS) is 12.5. The molecule has 19 heavy (non-hydrogen) atoms. The van der Waals surface area contributed by atoms with Crippen LogP contribution in [-0.4, -0.2) is 11.9 Å². The maximum Gasteiger partial charge on any atom is 0.231 e. The Kier molecular flexibility index (Phi) is 2.91. The van der Waals surface area contributed by atoms with Crippen LogP contribution in [0.1, 0.15) is 11.1 Å². The van der Waals surface area contributed by atoms with Crippen LogP contribution in [0, 0.1) is 6.92 Å². The number of nitrogens with one attached hydrogen (secondary N) is 1. The van der Waals surface area contributed by atoms with Crippen molar-refractivity contribution in [2.24, 2.45) is 0 Å². The van der Waals surface area contributed by atoms with E-state index >= 15 is 0 Å². The van der Waals surface area contributed by atoms with Crippen molar-refractivity contribution in [1.82, 2.24) is 0 Å². The molecule has 0 fully saturated rings. The second-order valence-corrected chi connectivity index (χ2v) is 4.54. The average Bonchev–Trinajstić information content (AvgIpc) is 2.87. The molecular weight excluding hydrogens is 242 g/mol. The average molecular weight is 257 g/mol. The summed E-state index contributed by atoms with van der Waals surface area (Å²) in [5.41, 5.74) is 2.86. The van der Waals surface area contributed by atoms with Crippen LogP contribution in [0.15, 0.2) is 36.4 Å². The molecule has 0 aliphatic carbocycles. The van der Waals surface area contributed by atoms with Gasteiger partial charge in [0.1, 0.15) is 5.75 Å². The quantitative estimate of drug-likeness (QED) is 0.887. The zero-order chi connectivity index (χ0) is 13.2. The van der Waals surface area contributed by atoms with E-state index in [2.05, 4.69) is 5.32 Å². The Labute approximate surface area is 111 Å². The molecule has 0 radical (unpaired) electrons. The predicted octanol–water partition coefficient (Wildman–Crippen LogP) is 3.04. The molecule has 2 aromatic carbocycles. The van der Waals surface area contributed by atoms with Gasteiger partial charge in [-0.2, -0.15) is 0 Å². The molecule has 2 N–H and O–H groups in total. The van der Waals surface area contributed by atoms with E-state index in [1.54, 1.807) is 6.07 Å². The van der Waals surface area contributed by atoms with Gasteiger partial charge in [0.2, 0.25) is 6.79 Å². The van der Waals surface area contributed by atoms with Gasteiger partial charge in [0.05, 0.1) is 0 Å². The topological polar surface area (TPSA) is 50.7 Å². The number of aromatic hydroxyl groups is 1. The Balaban J connectivity index is 1.70. The lowest BCUT2D eigenvalue weighted by Gasteiger charge is -2.08. The van der Waals surface area contributed by atoms with E-state index in [9.17, 15) is 5.11 Å². The first kappa shape index (κ1) is 11.7. The molecule has 0 spiro atoms. The van der Waals surface area contributed by atoms with E-state index in [4.69, 9.17) is 9.47 Å². The highest BCUT2D eigenvalue weighted by atomic mass is 16.7. The van der Waals surface area contributed by atoms with E-state index in [-0.39, 0.29) is 6.79 Å². The van der Waals surface area contributed by atoms with Gasteiger partial charge >= 0.3 is 0 Å². The standard InChI is InChI=1S/C15H15NO3/c1-10-2-4-12(7-13(10)17)16-8-11-3-5-14-15(6-11)19-9-18-14/h2-7,16-17H,8-9H2,1H3. The highest BCUT2D eigenvalue weighted by molar-refractivity contribution is 5.52. The summed E-state index contributed by atoms with van der Waals surface area (Å²) < 4.78 is 10.6. The number of rotatable bonds is 3. The third-order valence-electron chi connectivity index (χ3n) is 3.14. The molecule has 0 amide bonds. The van der Waals surface area contributed by atoms with Crippen molar-refractivity contribution in [3.05, 3.63) is 47.5 Å². The first-order valence-electron chi connectivity index (χ1n) is 6.14. The lowest BCUT2D eigenvalue weighted by atomic mass is 10.1. The Morgan fingerprint density at radius 3 is 2.79 bits per heavy atom.